The third-order valence-electron chi connectivity index (χ3n) is 3.57. The van der Waals surface area contributed by atoms with Crippen LogP contribution in [0.2, 0.25) is 5.02 Å². The molecule has 128 valence electrons. The molecular formula is C17H18ClNO5. The second-order valence-corrected chi connectivity index (χ2v) is 5.78. The number of rotatable bonds is 8. The van der Waals surface area contributed by atoms with Crippen molar-refractivity contribution >= 4 is 29.4 Å². The van der Waals surface area contributed by atoms with Crippen LogP contribution in [0.3, 0.4) is 0 Å². The lowest BCUT2D eigenvalue weighted by Crippen LogP contribution is -2.30. The number of esters is 1. The Bertz CT molecular complexity index is 653. The van der Waals surface area contributed by atoms with Crippen molar-refractivity contribution in [2.45, 2.75) is 32.3 Å². The maximum atomic E-state index is 11.8. The number of carbonyl (C=O) groups is 3. The molecule has 0 bridgehead atoms. The van der Waals surface area contributed by atoms with Crippen LogP contribution in [0.25, 0.3) is 0 Å². The van der Waals surface area contributed by atoms with Crippen molar-refractivity contribution in [2.75, 3.05) is 6.54 Å². The molecule has 24 heavy (non-hydrogen) atoms. The maximum Gasteiger partial charge on any atom is 0.311 e. The van der Waals surface area contributed by atoms with Crippen LogP contribution in [-0.2, 0) is 21.0 Å². The van der Waals surface area contributed by atoms with Gasteiger partial charge >= 0.3 is 5.97 Å². The molecular weight excluding hydrogens is 334 g/mol. The van der Waals surface area contributed by atoms with Crippen molar-refractivity contribution < 1.29 is 24.2 Å². The van der Waals surface area contributed by atoms with Gasteiger partial charge in [0.05, 0.1) is 11.6 Å². The van der Waals surface area contributed by atoms with Crippen molar-refractivity contribution in [1.29, 1.82) is 0 Å². The van der Waals surface area contributed by atoms with Crippen LogP contribution in [0.5, 0.6) is 5.75 Å². The van der Waals surface area contributed by atoms with Crippen LogP contribution >= 0.6 is 11.6 Å². The van der Waals surface area contributed by atoms with Gasteiger partial charge in [-0.1, -0.05) is 24.1 Å². The summed E-state index contributed by atoms with van der Waals surface area (Å²) in [5.74, 6) is -0.720. The largest absolute Gasteiger partial charge is 0.425 e. The van der Waals surface area contributed by atoms with Gasteiger partial charge in [0.25, 0.3) is 11.8 Å². The Labute approximate surface area is 144 Å². The third-order valence-corrected chi connectivity index (χ3v) is 3.86. The van der Waals surface area contributed by atoms with Crippen LogP contribution in [0, 0.1) is 0 Å². The number of hydrogen-bond donors (Lipinski definition) is 1. The fourth-order valence-electron chi connectivity index (χ4n) is 2.27. The summed E-state index contributed by atoms with van der Waals surface area (Å²) in [6.07, 6.45) is 4.66. The molecule has 0 aliphatic carbocycles. The molecule has 0 saturated carbocycles. The lowest BCUT2D eigenvalue weighted by molar-refractivity contribution is -0.137. The highest BCUT2D eigenvalue weighted by atomic mass is 35.5. The van der Waals surface area contributed by atoms with E-state index in [0.717, 1.165) is 0 Å². The summed E-state index contributed by atoms with van der Waals surface area (Å²) in [6, 6.07) is 4.72. The zero-order valence-electron chi connectivity index (χ0n) is 13.0. The van der Waals surface area contributed by atoms with E-state index < -0.39 is 5.97 Å². The Morgan fingerprint density at radius 1 is 1.12 bits per heavy atom. The van der Waals surface area contributed by atoms with Crippen LogP contribution in [0.4, 0.5) is 0 Å². The second-order valence-electron chi connectivity index (χ2n) is 5.37. The molecule has 1 aliphatic rings. The summed E-state index contributed by atoms with van der Waals surface area (Å²) in [6.45, 7) is 0.222. The van der Waals surface area contributed by atoms with E-state index in [9.17, 15) is 14.4 Å². The minimum absolute atomic E-state index is 0.133. The van der Waals surface area contributed by atoms with Crippen LogP contribution < -0.4 is 4.74 Å². The van der Waals surface area contributed by atoms with Gasteiger partial charge in [-0.05, 0) is 30.5 Å². The molecule has 0 radical (unpaired) electrons. The zero-order chi connectivity index (χ0) is 17.5. The molecule has 0 spiro atoms. The summed E-state index contributed by atoms with van der Waals surface area (Å²) in [5.41, 5.74) is 0.639. The Morgan fingerprint density at radius 2 is 1.83 bits per heavy atom. The first-order valence-electron chi connectivity index (χ1n) is 7.65. The first-order chi connectivity index (χ1) is 11.5. The van der Waals surface area contributed by atoms with E-state index in [1.165, 1.54) is 17.1 Å². The van der Waals surface area contributed by atoms with Gasteiger partial charge in [-0.25, -0.2) is 0 Å². The van der Waals surface area contributed by atoms with Gasteiger partial charge in [0.15, 0.2) is 0 Å². The number of benzene rings is 1. The molecule has 1 aromatic carbocycles. The SMILES string of the molecule is O=C(CCCCCN1C(=O)C=CC1=O)Oc1ccc(CO)cc1Cl. The number of nitrogens with zero attached hydrogens (tertiary/aromatic N) is 1. The fraction of sp³-hybridized carbons (Fsp3) is 0.353. The Hall–Kier alpha value is -2.18. The van der Waals surface area contributed by atoms with E-state index in [4.69, 9.17) is 21.4 Å². The van der Waals surface area contributed by atoms with E-state index in [1.54, 1.807) is 18.2 Å². The molecule has 0 atom stereocenters. The molecule has 2 amide bonds. The van der Waals surface area contributed by atoms with Crippen LogP contribution in [0.1, 0.15) is 31.2 Å². The quantitative estimate of drug-likeness (QED) is 0.336. The van der Waals surface area contributed by atoms with Crippen molar-refractivity contribution in [3.05, 3.63) is 40.9 Å². The minimum Gasteiger partial charge on any atom is -0.425 e. The Balaban J connectivity index is 1.67. The summed E-state index contributed by atoms with van der Waals surface area (Å²) in [7, 11) is 0. The van der Waals surface area contributed by atoms with E-state index in [-0.39, 0.29) is 35.6 Å². The van der Waals surface area contributed by atoms with Crippen molar-refractivity contribution in [3.8, 4) is 5.75 Å². The Morgan fingerprint density at radius 3 is 2.46 bits per heavy atom. The summed E-state index contributed by atoms with van der Waals surface area (Å²) >= 11 is 5.97. The summed E-state index contributed by atoms with van der Waals surface area (Å²) < 4.78 is 5.18. The smallest absolute Gasteiger partial charge is 0.311 e. The van der Waals surface area contributed by atoms with E-state index >= 15 is 0 Å². The molecule has 2 rings (SSSR count). The van der Waals surface area contributed by atoms with Crippen molar-refractivity contribution in [3.63, 3.8) is 0 Å². The molecule has 0 saturated heterocycles. The van der Waals surface area contributed by atoms with Gasteiger partial charge in [-0.2, -0.15) is 0 Å². The van der Waals surface area contributed by atoms with E-state index in [1.807, 2.05) is 0 Å². The lowest BCUT2D eigenvalue weighted by atomic mass is 10.2. The molecule has 1 aromatic rings. The van der Waals surface area contributed by atoms with Crippen molar-refractivity contribution in [1.82, 2.24) is 4.90 Å². The lowest BCUT2D eigenvalue weighted by Gasteiger charge is -2.13. The first kappa shape index (κ1) is 18.2. The number of hydrogen-bond acceptors (Lipinski definition) is 5. The summed E-state index contributed by atoms with van der Waals surface area (Å²) in [5, 5.41) is 9.27. The minimum atomic E-state index is -0.399. The molecule has 0 fully saturated rings. The van der Waals surface area contributed by atoms with Gasteiger partial charge in [0.2, 0.25) is 0 Å². The second kappa shape index (κ2) is 8.61. The number of carbonyl (C=O) groups excluding carboxylic acids is 3. The highest BCUT2D eigenvalue weighted by Gasteiger charge is 2.22. The first-order valence-corrected chi connectivity index (χ1v) is 8.02. The Kier molecular flexibility index (Phi) is 6.52. The number of halogens is 1. The monoisotopic (exact) mass is 351 g/mol. The standard InChI is InChI=1S/C17H18ClNO5/c18-13-10-12(11-20)5-6-14(13)24-17(23)4-2-1-3-9-19-15(21)7-8-16(19)22/h5-8,10,20H,1-4,9,11H2. The number of aliphatic hydroxyl groups excluding tert-OH is 1. The molecule has 7 heteroatoms. The average Bonchev–Trinajstić information content (AvgIpc) is 2.88. The highest BCUT2D eigenvalue weighted by molar-refractivity contribution is 6.32. The van der Waals surface area contributed by atoms with Crippen LogP contribution in [-0.4, -0.2) is 34.3 Å². The molecule has 1 heterocycles. The predicted octanol–water partition coefficient (Wildman–Crippen LogP) is 2.22. The number of ether oxygens (including phenoxy) is 1. The normalized spacial score (nSPS) is 13.7. The fourth-order valence-corrected chi connectivity index (χ4v) is 2.51. The number of unbranched alkanes of at least 4 members (excludes halogenated alkanes) is 2. The van der Waals surface area contributed by atoms with Crippen LogP contribution in [0.15, 0.2) is 30.4 Å². The van der Waals surface area contributed by atoms with E-state index in [2.05, 4.69) is 0 Å². The average molecular weight is 352 g/mol. The third kappa shape index (κ3) is 4.91. The number of amides is 2. The maximum absolute atomic E-state index is 11.8. The molecule has 1 aliphatic heterocycles. The van der Waals surface area contributed by atoms with Gasteiger partial charge in [0, 0.05) is 25.1 Å². The van der Waals surface area contributed by atoms with Gasteiger partial charge in [-0.3, -0.25) is 19.3 Å². The van der Waals surface area contributed by atoms with Crippen molar-refractivity contribution in [2.24, 2.45) is 0 Å². The van der Waals surface area contributed by atoms with Gasteiger partial charge in [-0.15, -0.1) is 0 Å². The molecule has 0 aromatic heterocycles. The molecule has 0 unspecified atom stereocenters. The highest BCUT2D eigenvalue weighted by Crippen LogP contribution is 2.26. The molecule has 6 nitrogen and oxygen atoms in total. The molecule has 1 N–H and O–H groups in total. The zero-order valence-corrected chi connectivity index (χ0v) is 13.8. The number of imide groups is 1. The van der Waals surface area contributed by atoms with Gasteiger partial charge < -0.3 is 9.84 Å². The topological polar surface area (TPSA) is 83.9 Å². The number of aliphatic hydroxyl groups is 1. The van der Waals surface area contributed by atoms with Gasteiger partial charge in [0.1, 0.15) is 5.75 Å². The van der Waals surface area contributed by atoms with E-state index in [0.29, 0.717) is 31.4 Å². The predicted molar refractivity (Wildman–Crippen MR) is 87.3 cm³/mol. The summed E-state index contributed by atoms with van der Waals surface area (Å²) in [4.78, 5) is 35.7.